The molecule has 0 unspecified atom stereocenters. The van der Waals surface area contributed by atoms with E-state index in [2.05, 4.69) is 6.58 Å². The Morgan fingerprint density at radius 2 is 2.17 bits per heavy atom. The van der Waals surface area contributed by atoms with Crippen LogP contribution in [0.1, 0.15) is 57.6 Å². The van der Waals surface area contributed by atoms with Gasteiger partial charge in [0.15, 0.2) is 5.79 Å². The Hall–Kier alpha value is -1.67. The fourth-order valence-electron chi connectivity index (χ4n) is 4.90. The molecule has 2 aliphatic heterocycles. The minimum atomic E-state index is -1.64. The Bertz CT molecular complexity index is 736. The van der Waals surface area contributed by atoms with Crippen LogP contribution in [-0.4, -0.2) is 46.9 Å². The van der Waals surface area contributed by atoms with E-state index in [4.69, 9.17) is 18.6 Å². The van der Waals surface area contributed by atoms with Crippen molar-refractivity contribution in [2.75, 3.05) is 6.61 Å². The summed E-state index contributed by atoms with van der Waals surface area (Å²) >= 11 is 0. The Labute approximate surface area is 170 Å². The lowest BCUT2D eigenvalue weighted by atomic mass is 9.71. The molecule has 0 bridgehead atoms. The maximum Gasteiger partial charge on any atom is 0.312 e. The van der Waals surface area contributed by atoms with Crippen molar-refractivity contribution in [2.24, 2.45) is 5.92 Å². The summed E-state index contributed by atoms with van der Waals surface area (Å²) in [4.78, 5) is 13.2. The smallest absolute Gasteiger partial charge is 0.312 e. The molecule has 7 nitrogen and oxygen atoms in total. The van der Waals surface area contributed by atoms with E-state index >= 15 is 0 Å². The maximum absolute atomic E-state index is 13.2. The van der Waals surface area contributed by atoms with E-state index in [-0.39, 0.29) is 30.8 Å². The highest BCUT2D eigenvalue weighted by Gasteiger charge is 2.52. The van der Waals surface area contributed by atoms with E-state index in [9.17, 15) is 15.0 Å². The van der Waals surface area contributed by atoms with E-state index in [0.717, 1.165) is 19.3 Å². The molecular weight excluding hydrogens is 376 g/mol. The first-order chi connectivity index (χ1) is 13.8. The highest BCUT2D eigenvalue weighted by molar-refractivity contribution is 5.75. The molecule has 160 valence electrons. The molecule has 1 saturated carbocycles. The first-order valence-electron chi connectivity index (χ1n) is 10.5. The third-order valence-electron chi connectivity index (χ3n) is 6.40. The molecule has 7 heteroatoms. The lowest BCUT2D eigenvalue weighted by Crippen LogP contribution is -2.52. The van der Waals surface area contributed by atoms with Gasteiger partial charge in [-0.3, -0.25) is 4.79 Å². The quantitative estimate of drug-likeness (QED) is 0.588. The lowest BCUT2D eigenvalue weighted by Gasteiger charge is -2.46. The van der Waals surface area contributed by atoms with Crippen LogP contribution in [0.3, 0.4) is 0 Å². The zero-order valence-corrected chi connectivity index (χ0v) is 16.8. The van der Waals surface area contributed by atoms with E-state index < -0.39 is 29.4 Å². The minimum absolute atomic E-state index is 0.0592. The summed E-state index contributed by atoms with van der Waals surface area (Å²) < 4.78 is 23.3. The van der Waals surface area contributed by atoms with Crippen molar-refractivity contribution in [1.82, 2.24) is 0 Å². The van der Waals surface area contributed by atoms with Crippen molar-refractivity contribution >= 4 is 5.97 Å². The third kappa shape index (κ3) is 4.01. The summed E-state index contributed by atoms with van der Waals surface area (Å²) in [5, 5.41) is 21.6. The summed E-state index contributed by atoms with van der Waals surface area (Å²) in [6, 6.07) is 3.26. The molecule has 6 atom stereocenters. The van der Waals surface area contributed by atoms with Gasteiger partial charge < -0.3 is 28.8 Å². The number of furan rings is 1. The molecular formula is C22H30O7. The molecule has 2 saturated heterocycles. The van der Waals surface area contributed by atoms with Crippen LogP contribution in [0, 0.1) is 5.92 Å². The van der Waals surface area contributed by atoms with E-state index in [1.165, 1.54) is 6.26 Å². The van der Waals surface area contributed by atoms with Crippen molar-refractivity contribution < 1.29 is 33.6 Å². The van der Waals surface area contributed by atoms with Crippen LogP contribution in [0.4, 0.5) is 0 Å². The van der Waals surface area contributed by atoms with Gasteiger partial charge in [-0.25, -0.2) is 0 Å². The average Bonchev–Trinajstić information content (AvgIpc) is 3.20. The molecule has 3 fully saturated rings. The van der Waals surface area contributed by atoms with Gasteiger partial charge in [0, 0.05) is 25.7 Å². The van der Waals surface area contributed by atoms with E-state index in [0.29, 0.717) is 25.0 Å². The first kappa shape index (κ1) is 20.6. The van der Waals surface area contributed by atoms with Crippen molar-refractivity contribution in [2.45, 2.75) is 81.6 Å². The molecule has 3 aliphatic rings. The highest BCUT2D eigenvalue weighted by atomic mass is 16.7. The number of rotatable bonds is 3. The largest absolute Gasteiger partial charge is 0.466 e. The fourth-order valence-corrected chi connectivity index (χ4v) is 4.90. The van der Waals surface area contributed by atoms with Crippen molar-refractivity contribution in [3.8, 4) is 0 Å². The van der Waals surface area contributed by atoms with Gasteiger partial charge in [0.1, 0.15) is 17.5 Å². The summed E-state index contributed by atoms with van der Waals surface area (Å²) in [7, 11) is 0. The van der Waals surface area contributed by atoms with Gasteiger partial charge in [-0.1, -0.05) is 6.58 Å². The Morgan fingerprint density at radius 3 is 2.86 bits per heavy atom. The topological polar surface area (TPSA) is 98.4 Å². The van der Waals surface area contributed by atoms with Crippen molar-refractivity contribution in [1.29, 1.82) is 0 Å². The maximum atomic E-state index is 13.2. The number of hydrogen-bond donors (Lipinski definition) is 2. The number of aliphatic hydroxyl groups excluding tert-OH is 1. The van der Waals surface area contributed by atoms with Crippen molar-refractivity contribution in [3.05, 3.63) is 36.3 Å². The van der Waals surface area contributed by atoms with Gasteiger partial charge in [0.2, 0.25) is 0 Å². The van der Waals surface area contributed by atoms with Crippen LogP contribution in [0.25, 0.3) is 0 Å². The molecule has 1 aliphatic carbocycles. The minimum Gasteiger partial charge on any atom is -0.466 e. The van der Waals surface area contributed by atoms with Crippen LogP contribution in [0.2, 0.25) is 0 Å². The predicted molar refractivity (Wildman–Crippen MR) is 103 cm³/mol. The van der Waals surface area contributed by atoms with Gasteiger partial charge in [0.25, 0.3) is 0 Å². The monoisotopic (exact) mass is 406 g/mol. The van der Waals surface area contributed by atoms with Crippen LogP contribution in [-0.2, 0) is 24.6 Å². The normalized spacial score (nSPS) is 40.7. The van der Waals surface area contributed by atoms with Crippen molar-refractivity contribution in [3.63, 3.8) is 0 Å². The second-order valence-electron chi connectivity index (χ2n) is 8.68. The number of carbonyl (C=O) groups is 1. The van der Waals surface area contributed by atoms with Crippen LogP contribution < -0.4 is 0 Å². The Morgan fingerprint density at radius 1 is 1.34 bits per heavy atom. The highest BCUT2D eigenvalue weighted by Crippen LogP contribution is 2.45. The predicted octanol–water partition coefficient (Wildman–Crippen LogP) is 2.80. The van der Waals surface area contributed by atoms with Gasteiger partial charge in [-0.15, -0.1) is 0 Å². The molecule has 3 heterocycles. The number of aliphatic hydroxyl groups is 2. The molecule has 4 rings (SSSR count). The number of hydrogen-bond acceptors (Lipinski definition) is 7. The van der Waals surface area contributed by atoms with E-state index in [1.54, 1.807) is 12.1 Å². The molecule has 29 heavy (non-hydrogen) atoms. The van der Waals surface area contributed by atoms with Crippen LogP contribution >= 0.6 is 0 Å². The first-order valence-corrected chi connectivity index (χ1v) is 10.5. The van der Waals surface area contributed by atoms with Gasteiger partial charge in [-0.05, 0) is 43.9 Å². The van der Waals surface area contributed by atoms with Gasteiger partial charge >= 0.3 is 5.97 Å². The summed E-state index contributed by atoms with van der Waals surface area (Å²) in [5.74, 6) is -1.85. The molecule has 0 radical (unpaired) electrons. The summed E-state index contributed by atoms with van der Waals surface area (Å²) in [5.41, 5.74) is -1.13. The number of ether oxygens (including phenoxy) is 3. The summed E-state index contributed by atoms with van der Waals surface area (Å²) in [6.45, 7) is 6.46. The molecule has 1 spiro atoms. The standard InChI is InChI=1S/C22H30O7/c1-14-10-17(22(25,13-18(14)23)19-6-5-8-26-19)20(24)28-16-11-15(2)29-21(12-16)7-3-4-9-27-21/h5-6,8,15-18,23,25H,1,3-4,7,9-13H2,2H3/t15-,16-,17-,18-,21-,22-/m0/s1. The lowest BCUT2D eigenvalue weighted by molar-refractivity contribution is -0.307. The second kappa shape index (κ2) is 7.87. The fraction of sp³-hybridized carbons (Fsp3) is 0.682. The van der Waals surface area contributed by atoms with Crippen LogP contribution in [0.5, 0.6) is 0 Å². The molecule has 1 aromatic heterocycles. The zero-order valence-electron chi connectivity index (χ0n) is 16.8. The Balaban J connectivity index is 1.52. The Kier molecular flexibility index (Phi) is 5.59. The van der Waals surface area contributed by atoms with E-state index in [1.807, 2.05) is 6.92 Å². The molecule has 1 aromatic rings. The average molecular weight is 406 g/mol. The third-order valence-corrected chi connectivity index (χ3v) is 6.40. The molecule has 2 N–H and O–H groups in total. The van der Waals surface area contributed by atoms with Gasteiger partial charge in [0.05, 0.1) is 31.0 Å². The summed E-state index contributed by atoms with van der Waals surface area (Å²) in [6.07, 6.45) is 4.04. The zero-order chi connectivity index (χ0) is 20.6. The molecule has 0 aromatic carbocycles. The molecule has 0 amide bonds. The second-order valence-corrected chi connectivity index (χ2v) is 8.68. The number of esters is 1. The number of carbonyl (C=O) groups excluding carboxylic acids is 1. The SMILES string of the molecule is C=C1C[C@@H](C(=O)O[C@H]2C[C@H](C)O[C@@]3(CCCCO3)C2)[C@](O)(c2ccco2)C[C@@H]1O. The van der Waals surface area contributed by atoms with Gasteiger partial charge in [-0.2, -0.15) is 0 Å². The van der Waals surface area contributed by atoms with Crippen LogP contribution in [0.15, 0.2) is 35.0 Å².